The summed E-state index contributed by atoms with van der Waals surface area (Å²) >= 11 is 0. The first-order chi connectivity index (χ1) is 12.0. The molecular weight excluding hydrogens is 321 g/mol. The van der Waals surface area contributed by atoms with Crippen LogP contribution in [-0.2, 0) is 5.60 Å². The van der Waals surface area contributed by atoms with Crippen LogP contribution in [-0.4, -0.2) is 41.9 Å². The number of nitrogens with zero attached hydrogens (tertiary/aromatic N) is 1. The molecule has 0 amide bonds. The summed E-state index contributed by atoms with van der Waals surface area (Å²) in [5.74, 6) is 0.389. The zero-order valence-electron chi connectivity index (χ0n) is 14.4. The number of aliphatic hydroxyl groups is 2. The standard InChI is InChI=1S/C20H24FNO3/c1-25-16-8-6-15(7-9-16)19(23)14-22-12-10-20(24,11-13-22)17-4-2-3-5-18(17)21/h2-9,19,23-24H,10-14H2,1H3. The number of hydrogen-bond acceptors (Lipinski definition) is 4. The average Bonchev–Trinajstić information content (AvgIpc) is 2.64. The average molecular weight is 345 g/mol. The number of methoxy groups -OCH3 is 1. The molecule has 0 spiro atoms. The fraction of sp³-hybridized carbons (Fsp3) is 0.400. The second kappa shape index (κ2) is 7.52. The first-order valence-electron chi connectivity index (χ1n) is 8.53. The van der Waals surface area contributed by atoms with Gasteiger partial charge in [-0.05, 0) is 36.6 Å². The van der Waals surface area contributed by atoms with Crippen LogP contribution < -0.4 is 4.74 Å². The summed E-state index contributed by atoms with van der Waals surface area (Å²) in [4.78, 5) is 2.10. The topological polar surface area (TPSA) is 52.9 Å². The van der Waals surface area contributed by atoms with E-state index >= 15 is 0 Å². The highest BCUT2D eigenvalue weighted by molar-refractivity contribution is 5.29. The first kappa shape index (κ1) is 17.9. The van der Waals surface area contributed by atoms with E-state index in [2.05, 4.69) is 4.90 Å². The van der Waals surface area contributed by atoms with Crippen LogP contribution in [0.1, 0.15) is 30.1 Å². The molecule has 2 aromatic rings. The van der Waals surface area contributed by atoms with E-state index in [1.165, 1.54) is 6.07 Å². The van der Waals surface area contributed by atoms with E-state index in [0.717, 1.165) is 11.3 Å². The van der Waals surface area contributed by atoms with Crippen molar-refractivity contribution in [2.75, 3.05) is 26.7 Å². The molecule has 1 heterocycles. The number of likely N-dealkylation sites (tertiary alicyclic amines) is 1. The maximum atomic E-state index is 14.0. The van der Waals surface area contributed by atoms with Gasteiger partial charge < -0.3 is 19.8 Å². The van der Waals surface area contributed by atoms with Crippen LogP contribution in [0.5, 0.6) is 5.75 Å². The maximum Gasteiger partial charge on any atom is 0.129 e. The van der Waals surface area contributed by atoms with Crippen LogP contribution in [0.15, 0.2) is 48.5 Å². The minimum Gasteiger partial charge on any atom is -0.497 e. The molecule has 4 nitrogen and oxygen atoms in total. The van der Waals surface area contributed by atoms with Crippen LogP contribution in [0.25, 0.3) is 0 Å². The minimum atomic E-state index is -1.13. The Morgan fingerprint density at radius 1 is 1.12 bits per heavy atom. The van der Waals surface area contributed by atoms with Gasteiger partial charge in [-0.25, -0.2) is 4.39 Å². The first-order valence-corrected chi connectivity index (χ1v) is 8.53. The van der Waals surface area contributed by atoms with Gasteiger partial charge >= 0.3 is 0 Å². The van der Waals surface area contributed by atoms with E-state index in [4.69, 9.17) is 4.74 Å². The van der Waals surface area contributed by atoms with Crippen LogP contribution in [0.3, 0.4) is 0 Å². The molecule has 1 aliphatic heterocycles. The number of hydrogen-bond donors (Lipinski definition) is 2. The second-order valence-electron chi connectivity index (χ2n) is 6.60. The molecule has 0 saturated carbocycles. The van der Waals surface area contributed by atoms with Crippen LogP contribution in [0.2, 0.25) is 0 Å². The maximum absolute atomic E-state index is 14.0. The number of rotatable bonds is 5. The largest absolute Gasteiger partial charge is 0.497 e. The molecule has 0 aliphatic carbocycles. The summed E-state index contributed by atoms with van der Waals surface area (Å²) in [5, 5.41) is 21.2. The van der Waals surface area contributed by atoms with E-state index in [0.29, 0.717) is 38.0 Å². The monoisotopic (exact) mass is 345 g/mol. The molecule has 1 saturated heterocycles. The Kier molecular flexibility index (Phi) is 5.37. The fourth-order valence-electron chi connectivity index (χ4n) is 3.39. The molecule has 5 heteroatoms. The molecule has 0 radical (unpaired) electrons. The number of β-amino-alcohol motifs (C(OH)–C–C–N with tert-alkyl or cyclic N) is 1. The van der Waals surface area contributed by atoms with Crippen LogP contribution >= 0.6 is 0 Å². The van der Waals surface area contributed by atoms with Crippen LogP contribution in [0, 0.1) is 5.82 Å². The second-order valence-corrected chi connectivity index (χ2v) is 6.60. The molecule has 1 unspecified atom stereocenters. The Hall–Kier alpha value is -1.95. The predicted octanol–water partition coefficient (Wildman–Crippen LogP) is 2.85. The highest BCUT2D eigenvalue weighted by atomic mass is 19.1. The van der Waals surface area contributed by atoms with E-state index in [9.17, 15) is 14.6 Å². The molecule has 3 rings (SSSR count). The van der Waals surface area contributed by atoms with E-state index in [1.54, 1.807) is 25.3 Å². The van der Waals surface area contributed by atoms with Gasteiger partial charge in [-0.2, -0.15) is 0 Å². The van der Waals surface area contributed by atoms with Crippen molar-refractivity contribution < 1.29 is 19.3 Å². The molecule has 2 N–H and O–H groups in total. The summed E-state index contributed by atoms with van der Waals surface area (Å²) in [6, 6.07) is 13.8. The summed E-state index contributed by atoms with van der Waals surface area (Å²) < 4.78 is 19.1. The van der Waals surface area contributed by atoms with Gasteiger partial charge in [-0.1, -0.05) is 30.3 Å². The van der Waals surface area contributed by atoms with Crippen molar-refractivity contribution in [3.05, 3.63) is 65.5 Å². The SMILES string of the molecule is COc1ccc(C(O)CN2CCC(O)(c3ccccc3F)CC2)cc1. The minimum absolute atomic E-state index is 0.364. The van der Waals surface area contributed by atoms with E-state index in [-0.39, 0.29) is 5.82 Å². The Labute approximate surface area is 147 Å². The zero-order valence-corrected chi connectivity index (χ0v) is 14.4. The van der Waals surface area contributed by atoms with Crippen molar-refractivity contribution in [3.63, 3.8) is 0 Å². The van der Waals surface area contributed by atoms with Crippen molar-refractivity contribution >= 4 is 0 Å². The van der Waals surface area contributed by atoms with Gasteiger partial charge in [0, 0.05) is 25.2 Å². The molecule has 0 aromatic heterocycles. The Bertz CT molecular complexity index is 696. The van der Waals surface area contributed by atoms with Gasteiger partial charge in [0.25, 0.3) is 0 Å². The number of ether oxygens (including phenoxy) is 1. The summed E-state index contributed by atoms with van der Waals surface area (Å²) in [7, 11) is 1.61. The third-order valence-electron chi connectivity index (χ3n) is 4.99. The lowest BCUT2D eigenvalue weighted by atomic mass is 9.84. The lowest BCUT2D eigenvalue weighted by Crippen LogP contribution is -2.44. The third-order valence-corrected chi connectivity index (χ3v) is 4.99. The Morgan fingerprint density at radius 3 is 2.36 bits per heavy atom. The van der Waals surface area contributed by atoms with Gasteiger partial charge in [0.15, 0.2) is 0 Å². The molecule has 2 aromatic carbocycles. The highest BCUT2D eigenvalue weighted by Gasteiger charge is 2.36. The Morgan fingerprint density at radius 2 is 1.76 bits per heavy atom. The predicted molar refractivity (Wildman–Crippen MR) is 93.9 cm³/mol. The number of benzene rings is 2. The lowest BCUT2D eigenvalue weighted by molar-refractivity contribution is -0.0367. The van der Waals surface area contributed by atoms with Crippen molar-refractivity contribution in [3.8, 4) is 5.75 Å². The van der Waals surface area contributed by atoms with Gasteiger partial charge in [0.1, 0.15) is 11.6 Å². The fourth-order valence-corrected chi connectivity index (χ4v) is 3.39. The zero-order chi connectivity index (χ0) is 17.9. The molecule has 1 atom stereocenters. The van der Waals surface area contributed by atoms with Gasteiger partial charge in [0.05, 0.1) is 18.8 Å². The molecule has 0 bridgehead atoms. The van der Waals surface area contributed by atoms with Crippen molar-refractivity contribution in [2.24, 2.45) is 0 Å². The molecular formula is C20H24FNO3. The Balaban J connectivity index is 1.59. The van der Waals surface area contributed by atoms with E-state index < -0.39 is 11.7 Å². The molecule has 1 fully saturated rings. The van der Waals surface area contributed by atoms with Gasteiger partial charge in [-0.15, -0.1) is 0 Å². The smallest absolute Gasteiger partial charge is 0.129 e. The van der Waals surface area contributed by atoms with Crippen LogP contribution in [0.4, 0.5) is 4.39 Å². The highest BCUT2D eigenvalue weighted by Crippen LogP contribution is 2.34. The third kappa shape index (κ3) is 4.00. The van der Waals surface area contributed by atoms with E-state index in [1.807, 2.05) is 24.3 Å². The van der Waals surface area contributed by atoms with Crippen molar-refractivity contribution in [1.82, 2.24) is 4.90 Å². The normalized spacial score (nSPS) is 18.7. The number of aliphatic hydroxyl groups excluding tert-OH is 1. The lowest BCUT2D eigenvalue weighted by Gasteiger charge is -2.39. The molecule has 25 heavy (non-hydrogen) atoms. The summed E-state index contributed by atoms with van der Waals surface area (Å²) in [5.41, 5.74) is 0.0634. The van der Waals surface area contributed by atoms with Gasteiger partial charge in [-0.3, -0.25) is 0 Å². The molecule has 134 valence electrons. The van der Waals surface area contributed by atoms with Crippen molar-refractivity contribution in [1.29, 1.82) is 0 Å². The summed E-state index contributed by atoms with van der Waals surface area (Å²) in [6.45, 7) is 1.70. The quantitative estimate of drug-likeness (QED) is 0.875. The number of piperidine rings is 1. The number of halogens is 1. The molecule has 1 aliphatic rings. The summed E-state index contributed by atoms with van der Waals surface area (Å²) in [6.07, 6.45) is 0.289. The van der Waals surface area contributed by atoms with Gasteiger partial charge in [0.2, 0.25) is 0 Å². The van der Waals surface area contributed by atoms with Crippen molar-refractivity contribution in [2.45, 2.75) is 24.5 Å².